The quantitative estimate of drug-likeness (QED) is 0.651. The summed E-state index contributed by atoms with van der Waals surface area (Å²) in [5.74, 6) is -0.310. The summed E-state index contributed by atoms with van der Waals surface area (Å²) in [5, 5.41) is 9.77. The molecule has 9 heteroatoms. The number of hydrogen-bond acceptors (Lipinski definition) is 6. The van der Waals surface area contributed by atoms with E-state index in [-0.39, 0.29) is 24.1 Å². The first-order valence-electron chi connectivity index (χ1n) is 10.0. The lowest BCUT2D eigenvalue weighted by Gasteiger charge is -2.61. The number of ether oxygens (including phenoxy) is 1. The molecule has 2 aliphatic rings. The Bertz CT molecular complexity index is 1220. The number of amides is 1. The fraction of sp³-hybridized carbons (Fsp3) is 0.318. The van der Waals surface area contributed by atoms with Crippen molar-refractivity contribution in [3.8, 4) is 17.6 Å². The number of fused-ring (bicyclic) bond motifs is 2. The lowest BCUT2D eigenvalue weighted by Crippen LogP contribution is -2.79. The minimum absolute atomic E-state index is 0.0179. The van der Waals surface area contributed by atoms with Gasteiger partial charge in [0.25, 0.3) is 0 Å². The summed E-state index contributed by atoms with van der Waals surface area (Å²) in [6.07, 6.45) is 3.30. The van der Waals surface area contributed by atoms with Crippen molar-refractivity contribution in [1.29, 1.82) is 5.26 Å². The number of piperazine rings is 1. The maximum atomic E-state index is 14.7. The van der Waals surface area contributed by atoms with Crippen LogP contribution in [0.25, 0.3) is 11.0 Å². The zero-order valence-electron chi connectivity index (χ0n) is 16.9. The molecule has 2 aliphatic heterocycles. The fourth-order valence-corrected chi connectivity index (χ4v) is 4.35. The van der Waals surface area contributed by atoms with Crippen molar-refractivity contribution in [3.63, 3.8) is 0 Å². The molecule has 0 bridgehead atoms. The van der Waals surface area contributed by atoms with E-state index in [1.807, 2.05) is 11.9 Å². The molecule has 2 aromatic heterocycles. The molecule has 0 spiro atoms. The number of H-pyrrole nitrogens is 1. The number of nitrogens with zero attached hydrogens (tertiary/aromatic N) is 4. The molecule has 0 saturated carbocycles. The maximum absolute atomic E-state index is 14.7. The van der Waals surface area contributed by atoms with Gasteiger partial charge in [-0.1, -0.05) is 6.07 Å². The second-order valence-electron chi connectivity index (χ2n) is 8.09. The molecule has 0 radical (unpaired) electrons. The van der Waals surface area contributed by atoms with Crippen molar-refractivity contribution in [2.45, 2.75) is 24.5 Å². The normalized spacial score (nSPS) is 21.0. The summed E-state index contributed by atoms with van der Waals surface area (Å²) in [6, 6.07) is 8.18. The summed E-state index contributed by atoms with van der Waals surface area (Å²) in [7, 11) is 2.05. The number of aromatic nitrogens is 2. The average molecular weight is 420 g/mol. The first-order valence-corrected chi connectivity index (χ1v) is 10.0. The van der Waals surface area contributed by atoms with E-state index in [1.165, 1.54) is 24.5 Å². The molecular formula is C22H21FN6O2. The lowest BCUT2D eigenvalue weighted by molar-refractivity contribution is -0.163. The smallest absolute Gasteiger partial charge is 0.240 e. The largest absolute Gasteiger partial charge is 0.453 e. The third kappa shape index (κ3) is 3.21. The number of pyridine rings is 1. The summed E-state index contributed by atoms with van der Waals surface area (Å²) >= 11 is 0. The van der Waals surface area contributed by atoms with E-state index in [0.29, 0.717) is 40.5 Å². The van der Waals surface area contributed by atoms with Crippen LogP contribution < -0.4 is 10.5 Å². The van der Waals surface area contributed by atoms with Gasteiger partial charge in [0.2, 0.25) is 5.91 Å². The van der Waals surface area contributed by atoms with Crippen LogP contribution in [-0.2, 0) is 11.2 Å². The predicted molar refractivity (Wildman–Crippen MR) is 111 cm³/mol. The molecule has 31 heavy (non-hydrogen) atoms. The summed E-state index contributed by atoms with van der Waals surface area (Å²) < 4.78 is 20.5. The van der Waals surface area contributed by atoms with Gasteiger partial charge in [-0.15, -0.1) is 0 Å². The molecule has 3 N–H and O–H groups in total. The van der Waals surface area contributed by atoms with Gasteiger partial charge >= 0.3 is 0 Å². The number of likely N-dealkylation sites (tertiary alicyclic amines) is 2. The van der Waals surface area contributed by atoms with E-state index in [4.69, 9.17) is 10.5 Å². The van der Waals surface area contributed by atoms with Crippen LogP contribution in [0.3, 0.4) is 0 Å². The second-order valence-corrected chi connectivity index (χ2v) is 8.09. The number of likely N-dealkylation sites (N-methyl/N-ethyl adjacent to an activating group) is 1. The Morgan fingerprint density at radius 1 is 1.39 bits per heavy atom. The van der Waals surface area contributed by atoms with Crippen LogP contribution in [-0.4, -0.2) is 63.9 Å². The number of hydrogen-bond donors (Lipinski definition) is 2. The number of aromatic amines is 1. The third-order valence-corrected chi connectivity index (χ3v) is 6.20. The molecule has 3 atom stereocenters. The van der Waals surface area contributed by atoms with Crippen molar-refractivity contribution in [3.05, 3.63) is 53.6 Å². The van der Waals surface area contributed by atoms with Crippen LogP contribution in [0.5, 0.6) is 11.5 Å². The van der Waals surface area contributed by atoms with Gasteiger partial charge in [0.15, 0.2) is 11.6 Å². The zero-order valence-corrected chi connectivity index (χ0v) is 16.9. The van der Waals surface area contributed by atoms with Gasteiger partial charge in [-0.25, -0.2) is 9.37 Å². The standard InChI is InChI=1S/C22H21FN6O2/c1-28-10-17-16(28)11-29(17)22(30)15(25)7-12-2-3-18(14(23)6-12)31-19-4-5-26-21-20(19)13(8-24)9-27-21/h2-6,9,15-17H,7,10-11,25H2,1H3,(H,26,27)/t15?,16?,17-/m1/s1. The van der Waals surface area contributed by atoms with Crippen molar-refractivity contribution in [2.24, 2.45) is 5.73 Å². The van der Waals surface area contributed by atoms with Crippen LogP contribution >= 0.6 is 0 Å². The molecule has 4 heterocycles. The molecule has 1 amide bonds. The predicted octanol–water partition coefficient (Wildman–Crippen LogP) is 1.76. The molecule has 2 unspecified atom stereocenters. The van der Waals surface area contributed by atoms with Crippen LogP contribution in [0.2, 0.25) is 0 Å². The van der Waals surface area contributed by atoms with Gasteiger partial charge in [-0.3, -0.25) is 9.69 Å². The van der Waals surface area contributed by atoms with Gasteiger partial charge in [0, 0.05) is 31.5 Å². The Labute approximate surface area is 178 Å². The number of nitrogens with one attached hydrogen (secondary N) is 1. The van der Waals surface area contributed by atoms with Gasteiger partial charge < -0.3 is 20.4 Å². The molecule has 2 saturated heterocycles. The zero-order chi connectivity index (χ0) is 21.7. The van der Waals surface area contributed by atoms with E-state index in [2.05, 4.69) is 20.9 Å². The van der Waals surface area contributed by atoms with Crippen LogP contribution in [0, 0.1) is 17.1 Å². The SMILES string of the molecule is CN1C[C@@H]2C1CN2C(=O)C(N)Cc1ccc(Oc2ccnc3[nH]cc(C#N)c23)c(F)c1. The number of benzene rings is 1. The average Bonchev–Trinajstić information content (AvgIpc) is 3.17. The monoisotopic (exact) mass is 420 g/mol. The van der Waals surface area contributed by atoms with Crippen LogP contribution in [0.1, 0.15) is 11.1 Å². The number of rotatable bonds is 5. The van der Waals surface area contributed by atoms with Crippen molar-refractivity contribution in [2.75, 3.05) is 20.1 Å². The Hall–Kier alpha value is -3.48. The number of carbonyl (C=O) groups excluding carboxylic acids is 1. The van der Waals surface area contributed by atoms with Gasteiger partial charge in [-0.05, 0) is 37.2 Å². The third-order valence-electron chi connectivity index (χ3n) is 6.20. The Morgan fingerprint density at radius 3 is 2.90 bits per heavy atom. The van der Waals surface area contributed by atoms with E-state index in [1.54, 1.807) is 12.1 Å². The molecule has 158 valence electrons. The lowest BCUT2D eigenvalue weighted by atomic mass is 9.85. The number of carbonyl (C=O) groups is 1. The minimum atomic E-state index is -0.712. The van der Waals surface area contributed by atoms with Crippen LogP contribution in [0.4, 0.5) is 4.39 Å². The highest BCUT2D eigenvalue weighted by molar-refractivity contribution is 5.88. The number of halogens is 1. The van der Waals surface area contributed by atoms with Crippen molar-refractivity contribution < 1.29 is 13.9 Å². The highest BCUT2D eigenvalue weighted by Crippen LogP contribution is 2.34. The van der Waals surface area contributed by atoms with Gasteiger partial charge in [-0.2, -0.15) is 5.26 Å². The maximum Gasteiger partial charge on any atom is 0.240 e. The van der Waals surface area contributed by atoms with E-state index < -0.39 is 11.9 Å². The van der Waals surface area contributed by atoms with Crippen LogP contribution in [0.15, 0.2) is 36.7 Å². The summed E-state index contributed by atoms with van der Waals surface area (Å²) in [5.41, 5.74) is 7.59. The minimum Gasteiger partial charge on any atom is -0.453 e. The topological polar surface area (TPSA) is 111 Å². The summed E-state index contributed by atoms with van der Waals surface area (Å²) in [6.45, 7) is 1.58. The fourth-order valence-electron chi connectivity index (χ4n) is 4.35. The molecule has 2 fully saturated rings. The summed E-state index contributed by atoms with van der Waals surface area (Å²) in [4.78, 5) is 23.7. The van der Waals surface area contributed by atoms with Crippen molar-refractivity contribution >= 4 is 16.9 Å². The van der Waals surface area contributed by atoms with Gasteiger partial charge in [0.05, 0.1) is 23.0 Å². The first kappa shape index (κ1) is 19.5. The number of nitriles is 1. The molecule has 5 rings (SSSR count). The molecule has 8 nitrogen and oxygen atoms in total. The van der Waals surface area contributed by atoms with Gasteiger partial charge in [0.1, 0.15) is 17.5 Å². The highest BCUT2D eigenvalue weighted by atomic mass is 19.1. The van der Waals surface area contributed by atoms with E-state index in [9.17, 15) is 14.4 Å². The highest BCUT2D eigenvalue weighted by Gasteiger charge is 2.52. The molecular weight excluding hydrogens is 399 g/mol. The molecule has 1 aromatic carbocycles. The molecule has 0 aliphatic carbocycles. The number of nitrogens with two attached hydrogens (primary N) is 1. The first-order chi connectivity index (χ1) is 15.0. The Balaban J connectivity index is 1.29. The van der Waals surface area contributed by atoms with Crippen molar-refractivity contribution in [1.82, 2.24) is 19.8 Å². The second kappa shape index (κ2) is 7.34. The molecule has 3 aromatic rings. The Kier molecular flexibility index (Phi) is 4.61. The van der Waals surface area contributed by atoms with E-state index >= 15 is 0 Å². The van der Waals surface area contributed by atoms with E-state index in [0.717, 1.165) is 6.54 Å². The Morgan fingerprint density at radius 2 is 2.23 bits per heavy atom.